The summed E-state index contributed by atoms with van der Waals surface area (Å²) in [7, 11) is 0. The standard InChI is InChI=1S/C32H44O2/c1-3-5-7-25-10-22-31(23-11-25)34-32(33)30-20-18-29(19-21-30)28-16-14-27(15-17-28)26-12-8-24(6-4-2)9-13-26/h10-11,18-24,26-28H,3-9,12-17H2,1-2H3. The van der Waals surface area contributed by atoms with Crippen LogP contribution in [0.2, 0.25) is 0 Å². The predicted molar refractivity (Wildman–Crippen MR) is 142 cm³/mol. The lowest BCUT2D eigenvalue weighted by Crippen LogP contribution is -2.25. The third-order valence-corrected chi connectivity index (χ3v) is 8.60. The van der Waals surface area contributed by atoms with Gasteiger partial charge in [0.15, 0.2) is 0 Å². The van der Waals surface area contributed by atoms with Gasteiger partial charge < -0.3 is 4.74 Å². The van der Waals surface area contributed by atoms with Gasteiger partial charge in [-0.3, -0.25) is 0 Å². The van der Waals surface area contributed by atoms with Gasteiger partial charge >= 0.3 is 5.97 Å². The minimum absolute atomic E-state index is 0.268. The summed E-state index contributed by atoms with van der Waals surface area (Å²) in [5, 5.41) is 0. The van der Waals surface area contributed by atoms with Gasteiger partial charge in [-0.05, 0) is 110 Å². The molecule has 0 heterocycles. The van der Waals surface area contributed by atoms with E-state index in [-0.39, 0.29) is 5.97 Å². The molecule has 0 bridgehead atoms. The molecule has 2 aliphatic rings. The summed E-state index contributed by atoms with van der Waals surface area (Å²) in [6, 6.07) is 16.2. The summed E-state index contributed by atoms with van der Waals surface area (Å²) in [5.74, 6) is 3.93. The molecule has 0 radical (unpaired) electrons. The average Bonchev–Trinajstić information content (AvgIpc) is 2.89. The van der Waals surface area contributed by atoms with Crippen LogP contribution in [0.4, 0.5) is 0 Å². The molecule has 2 aromatic rings. The molecule has 0 unspecified atom stereocenters. The first-order valence-corrected chi connectivity index (χ1v) is 14.1. The lowest BCUT2D eigenvalue weighted by Gasteiger charge is -2.38. The smallest absolute Gasteiger partial charge is 0.343 e. The zero-order valence-electron chi connectivity index (χ0n) is 21.4. The molecule has 2 nitrogen and oxygen atoms in total. The van der Waals surface area contributed by atoms with Crippen molar-refractivity contribution in [2.24, 2.45) is 17.8 Å². The van der Waals surface area contributed by atoms with Crippen molar-refractivity contribution < 1.29 is 9.53 Å². The summed E-state index contributed by atoms with van der Waals surface area (Å²) in [6.07, 6.45) is 17.5. The highest BCUT2D eigenvalue weighted by Crippen LogP contribution is 2.44. The van der Waals surface area contributed by atoms with Crippen LogP contribution in [0.1, 0.15) is 118 Å². The van der Waals surface area contributed by atoms with E-state index in [2.05, 4.69) is 38.1 Å². The number of carbonyl (C=O) groups is 1. The molecule has 4 rings (SSSR count). The van der Waals surface area contributed by atoms with Gasteiger partial charge in [0.2, 0.25) is 0 Å². The van der Waals surface area contributed by atoms with Crippen LogP contribution in [0.3, 0.4) is 0 Å². The molecule has 184 valence electrons. The number of carbonyl (C=O) groups excluding carboxylic acids is 1. The lowest BCUT2D eigenvalue weighted by molar-refractivity contribution is 0.0734. The molecule has 2 saturated carbocycles. The molecule has 0 spiro atoms. The maximum Gasteiger partial charge on any atom is 0.343 e. The Hall–Kier alpha value is -2.09. The summed E-state index contributed by atoms with van der Waals surface area (Å²) in [4.78, 5) is 12.6. The van der Waals surface area contributed by atoms with Crippen LogP contribution in [0, 0.1) is 17.8 Å². The van der Waals surface area contributed by atoms with Gasteiger partial charge in [0, 0.05) is 0 Å². The maximum atomic E-state index is 12.6. The van der Waals surface area contributed by atoms with Crippen LogP contribution in [0.15, 0.2) is 48.5 Å². The Bertz CT molecular complexity index is 866. The fourth-order valence-corrected chi connectivity index (χ4v) is 6.44. The number of rotatable bonds is 9. The fourth-order valence-electron chi connectivity index (χ4n) is 6.44. The van der Waals surface area contributed by atoms with E-state index in [4.69, 9.17) is 4.74 Å². The molecule has 0 N–H and O–H groups in total. The molecule has 0 aromatic heterocycles. The van der Waals surface area contributed by atoms with Gasteiger partial charge in [-0.1, -0.05) is 70.2 Å². The van der Waals surface area contributed by atoms with Crippen LogP contribution in [0.5, 0.6) is 5.75 Å². The number of hydrogen-bond acceptors (Lipinski definition) is 2. The van der Waals surface area contributed by atoms with E-state index in [0.29, 0.717) is 17.2 Å². The van der Waals surface area contributed by atoms with Gasteiger partial charge in [0.25, 0.3) is 0 Å². The normalized spacial score (nSPS) is 25.1. The van der Waals surface area contributed by atoms with Crippen LogP contribution in [-0.2, 0) is 6.42 Å². The van der Waals surface area contributed by atoms with Crippen molar-refractivity contribution in [3.8, 4) is 5.75 Å². The third kappa shape index (κ3) is 6.74. The van der Waals surface area contributed by atoms with Gasteiger partial charge in [0.05, 0.1) is 5.56 Å². The number of esters is 1. The van der Waals surface area contributed by atoms with Gasteiger partial charge in [-0.25, -0.2) is 4.79 Å². The number of aryl methyl sites for hydroxylation is 1. The zero-order valence-corrected chi connectivity index (χ0v) is 21.4. The minimum atomic E-state index is -0.268. The quantitative estimate of drug-likeness (QED) is 0.275. The van der Waals surface area contributed by atoms with E-state index in [1.807, 2.05) is 24.3 Å². The van der Waals surface area contributed by atoms with E-state index < -0.39 is 0 Å². The fraction of sp³-hybridized carbons (Fsp3) is 0.594. The van der Waals surface area contributed by atoms with Crippen LogP contribution in [0.25, 0.3) is 0 Å². The monoisotopic (exact) mass is 460 g/mol. The van der Waals surface area contributed by atoms with Crippen LogP contribution in [-0.4, -0.2) is 5.97 Å². The Morgan fingerprint density at radius 3 is 1.97 bits per heavy atom. The Morgan fingerprint density at radius 1 is 0.765 bits per heavy atom. The van der Waals surface area contributed by atoms with Crippen molar-refractivity contribution in [1.29, 1.82) is 0 Å². The highest BCUT2D eigenvalue weighted by molar-refractivity contribution is 5.91. The van der Waals surface area contributed by atoms with Gasteiger partial charge in [-0.15, -0.1) is 0 Å². The molecule has 2 heteroatoms. The first-order chi connectivity index (χ1) is 16.7. The van der Waals surface area contributed by atoms with Crippen molar-refractivity contribution in [3.63, 3.8) is 0 Å². The molecule has 0 amide bonds. The Kier molecular flexibility index (Phi) is 9.25. The van der Waals surface area contributed by atoms with E-state index in [1.54, 1.807) is 0 Å². The molecule has 2 fully saturated rings. The first kappa shape index (κ1) is 25.0. The average molecular weight is 461 g/mol. The molecular weight excluding hydrogens is 416 g/mol. The van der Waals surface area contributed by atoms with E-state index in [1.165, 1.54) is 88.2 Å². The van der Waals surface area contributed by atoms with E-state index in [0.717, 1.165) is 24.2 Å². The number of hydrogen-bond donors (Lipinski definition) is 0. The minimum Gasteiger partial charge on any atom is -0.423 e. The molecule has 0 atom stereocenters. The van der Waals surface area contributed by atoms with Crippen LogP contribution < -0.4 is 4.74 Å². The van der Waals surface area contributed by atoms with Crippen molar-refractivity contribution in [3.05, 3.63) is 65.2 Å². The second-order valence-electron chi connectivity index (χ2n) is 10.9. The maximum absolute atomic E-state index is 12.6. The Morgan fingerprint density at radius 2 is 1.38 bits per heavy atom. The molecule has 34 heavy (non-hydrogen) atoms. The second-order valence-corrected chi connectivity index (χ2v) is 10.9. The lowest BCUT2D eigenvalue weighted by atomic mass is 9.68. The zero-order chi connectivity index (χ0) is 23.8. The van der Waals surface area contributed by atoms with Crippen LogP contribution >= 0.6 is 0 Å². The predicted octanol–water partition coefficient (Wildman–Crippen LogP) is 9.13. The third-order valence-electron chi connectivity index (χ3n) is 8.60. The van der Waals surface area contributed by atoms with E-state index >= 15 is 0 Å². The van der Waals surface area contributed by atoms with Crippen molar-refractivity contribution >= 4 is 5.97 Å². The molecule has 2 aliphatic carbocycles. The molecule has 0 saturated heterocycles. The second kappa shape index (κ2) is 12.6. The van der Waals surface area contributed by atoms with Gasteiger partial charge in [0.1, 0.15) is 5.75 Å². The summed E-state index contributed by atoms with van der Waals surface area (Å²) >= 11 is 0. The molecule has 2 aromatic carbocycles. The van der Waals surface area contributed by atoms with E-state index in [9.17, 15) is 4.79 Å². The SMILES string of the molecule is CCCCc1ccc(OC(=O)c2ccc(C3CCC(C4CCC(CCC)CC4)CC3)cc2)cc1. The Labute approximate surface area is 207 Å². The van der Waals surface area contributed by atoms with Crippen molar-refractivity contribution in [1.82, 2.24) is 0 Å². The van der Waals surface area contributed by atoms with Crippen molar-refractivity contribution in [2.45, 2.75) is 103 Å². The number of unbranched alkanes of at least 4 members (excludes halogenated alkanes) is 1. The summed E-state index contributed by atoms with van der Waals surface area (Å²) < 4.78 is 5.61. The number of benzene rings is 2. The summed E-state index contributed by atoms with van der Waals surface area (Å²) in [5.41, 5.74) is 3.32. The first-order valence-electron chi connectivity index (χ1n) is 14.1. The molecule has 0 aliphatic heterocycles. The van der Waals surface area contributed by atoms with Gasteiger partial charge in [-0.2, -0.15) is 0 Å². The largest absolute Gasteiger partial charge is 0.423 e. The summed E-state index contributed by atoms with van der Waals surface area (Å²) in [6.45, 7) is 4.53. The number of ether oxygens (including phenoxy) is 1. The molecular formula is C32H44O2. The van der Waals surface area contributed by atoms with Crippen molar-refractivity contribution in [2.75, 3.05) is 0 Å². The topological polar surface area (TPSA) is 26.3 Å². The Balaban J connectivity index is 1.24. The highest BCUT2D eigenvalue weighted by Gasteiger charge is 2.31. The highest BCUT2D eigenvalue weighted by atomic mass is 16.5.